The summed E-state index contributed by atoms with van der Waals surface area (Å²) >= 11 is 11.7. The number of hydrogen-bond acceptors (Lipinski definition) is 5. The van der Waals surface area contributed by atoms with Crippen LogP contribution in [0.1, 0.15) is 24.2 Å². The number of hydrogen-bond donors (Lipinski definition) is 2. The van der Waals surface area contributed by atoms with Crippen molar-refractivity contribution in [3.8, 4) is 0 Å². The van der Waals surface area contributed by atoms with E-state index in [-0.39, 0.29) is 16.4 Å². The Morgan fingerprint density at radius 3 is 2.41 bits per heavy atom. The number of carbonyl (C=O) groups excluding carboxylic acids is 3. The third-order valence-corrected chi connectivity index (χ3v) is 4.01. The van der Waals surface area contributed by atoms with Gasteiger partial charge in [0.15, 0.2) is 6.10 Å². The number of nitrogens with zero attached hydrogens (tertiary/aromatic N) is 1. The van der Waals surface area contributed by atoms with Crippen LogP contribution in [0.2, 0.25) is 10.0 Å². The molecule has 2 rings (SSSR count). The molecular formula is C18H17Cl2N3O4. The summed E-state index contributed by atoms with van der Waals surface area (Å²) in [6.07, 6.45) is 0.287. The standard InChI is InChI=1S/C18H17Cl2N3O4/c1-10(22-17(25)13-5-3-4-6-14(13)20)18(26)27-11(2)16(24)23-15-8-7-12(19)9-21-15/h3-11H,1-2H3,(H,22,25)(H,21,23,24)/t10-,11+/m0/s1. The average molecular weight is 410 g/mol. The van der Waals surface area contributed by atoms with Crippen LogP contribution in [-0.4, -0.2) is 34.9 Å². The number of amides is 2. The molecule has 0 bridgehead atoms. The Kier molecular flexibility index (Phi) is 7.15. The van der Waals surface area contributed by atoms with Crippen LogP contribution in [-0.2, 0) is 14.3 Å². The molecule has 27 heavy (non-hydrogen) atoms. The first-order chi connectivity index (χ1) is 12.8. The zero-order valence-corrected chi connectivity index (χ0v) is 16.0. The van der Waals surface area contributed by atoms with Crippen LogP contribution < -0.4 is 10.6 Å². The second kappa shape index (κ2) is 9.34. The van der Waals surface area contributed by atoms with E-state index in [2.05, 4.69) is 15.6 Å². The smallest absolute Gasteiger partial charge is 0.329 e. The molecule has 0 aliphatic rings. The zero-order valence-electron chi connectivity index (χ0n) is 14.5. The van der Waals surface area contributed by atoms with Gasteiger partial charge in [0.25, 0.3) is 11.8 Å². The third kappa shape index (κ3) is 5.94. The number of benzene rings is 1. The largest absolute Gasteiger partial charge is 0.451 e. The first-order valence-electron chi connectivity index (χ1n) is 7.96. The number of rotatable bonds is 6. The lowest BCUT2D eigenvalue weighted by molar-refractivity contribution is -0.154. The highest BCUT2D eigenvalue weighted by atomic mass is 35.5. The molecule has 1 aromatic carbocycles. The van der Waals surface area contributed by atoms with Gasteiger partial charge in [-0.15, -0.1) is 0 Å². The maximum atomic E-state index is 12.2. The van der Waals surface area contributed by atoms with Crippen LogP contribution in [0.25, 0.3) is 0 Å². The molecule has 0 fully saturated rings. The van der Waals surface area contributed by atoms with E-state index in [1.54, 1.807) is 24.3 Å². The minimum Gasteiger partial charge on any atom is -0.451 e. The fraction of sp³-hybridized carbons (Fsp3) is 0.222. The number of carbonyl (C=O) groups is 3. The quantitative estimate of drug-likeness (QED) is 0.714. The molecule has 2 amide bonds. The van der Waals surface area contributed by atoms with Gasteiger partial charge in [-0.25, -0.2) is 9.78 Å². The van der Waals surface area contributed by atoms with Gasteiger partial charge in [-0.3, -0.25) is 9.59 Å². The number of halogens is 2. The van der Waals surface area contributed by atoms with E-state index >= 15 is 0 Å². The monoisotopic (exact) mass is 409 g/mol. The van der Waals surface area contributed by atoms with Gasteiger partial charge >= 0.3 is 5.97 Å². The Morgan fingerprint density at radius 2 is 1.78 bits per heavy atom. The Hall–Kier alpha value is -2.64. The van der Waals surface area contributed by atoms with Crippen LogP contribution in [0, 0.1) is 0 Å². The lowest BCUT2D eigenvalue weighted by Crippen LogP contribution is -2.42. The van der Waals surface area contributed by atoms with E-state index in [9.17, 15) is 14.4 Å². The summed E-state index contributed by atoms with van der Waals surface area (Å²) in [4.78, 5) is 40.3. The predicted octanol–water partition coefficient (Wildman–Crippen LogP) is 3.08. The van der Waals surface area contributed by atoms with Gasteiger partial charge < -0.3 is 15.4 Å². The Labute approximate surface area is 166 Å². The summed E-state index contributed by atoms with van der Waals surface area (Å²) in [7, 11) is 0. The third-order valence-electron chi connectivity index (χ3n) is 3.46. The van der Waals surface area contributed by atoms with Gasteiger partial charge in [-0.2, -0.15) is 0 Å². The SMILES string of the molecule is C[C@H](NC(=O)c1ccccc1Cl)C(=O)O[C@H](C)C(=O)Nc1ccc(Cl)cn1. The first kappa shape index (κ1) is 20.7. The van der Waals surface area contributed by atoms with Crippen LogP contribution in [0.5, 0.6) is 0 Å². The minimum atomic E-state index is -1.09. The molecule has 0 saturated carbocycles. The van der Waals surface area contributed by atoms with E-state index in [0.717, 1.165) is 0 Å². The van der Waals surface area contributed by atoms with Crippen molar-refractivity contribution in [2.45, 2.75) is 26.0 Å². The Bertz CT molecular complexity index is 843. The van der Waals surface area contributed by atoms with Crippen molar-refractivity contribution in [2.75, 3.05) is 5.32 Å². The van der Waals surface area contributed by atoms with Gasteiger partial charge in [0.05, 0.1) is 15.6 Å². The topological polar surface area (TPSA) is 97.4 Å². The number of anilines is 1. The summed E-state index contributed by atoms with van der Waals surface area (Å²) in [5.41, 5.74) is 0.235. The molecule has 0 aliphatic carbocycles. The fourth-order valence-corrected chi connectivity index (χ4v) is 2.32. The van der Waals surface area contributed by atoms with Crippen molar-refractivity contribution in [1.29, 1.82) is 0 Å². The minimum absolute atomic E-state index is 0.235. The van der Waals surface area contributed by atoms with Crippen molar-refractivity contribution in [3.05, 3.63) is 58.2 Å². The molecular weight excluding hydrogens is 393 g/mol. The molecule has 0 spiro atoms. The van der Waals surface area contributed by atoms with Crippen LogP contribution in [0.3, 0.4) is 0 Å². The van der Waals surface area contributed by atoms with Gasteiger partial charge in [0.1, 0.15) is 11.9 Å². The normalized spacial score (nSPS) is 12.6. The maximum absolute atomic E-state index is 12.2. The Morgan fingerprint density at radius 1 is 1.07 bits per heavy atom. The van der Waals surface area contributed by atoms with Crippen LogP contribution in [0.15, 0.2) is 42.6 Å². The van der Waals surface area contributed by atoms with Crippen LogP contribution in [0.4, 0.5) is 5.82 Å². The van der Waals surface area contributed by atoms with Crippen molar-refractivity contribution in [2.24, 2.45) is 0 Å². The lowest BCUT2D eigenvalue weighted by atomic mass is 10.2. The van der Waals surface area contributed by atoms with E-state index in [1.165, 1.54) is 32.2 Å². The second-order valence-electron chi connectivity index (χ2n) is 5.61. The van der Waals surface area contributed by atoms with E-state index in [0.29, 0.717) is 5.02 Å². The zero-order chi connectivity index (χ0) is 20.0. The average Bonchev–Trinajstić information content (AvgIpc) is 2.63. The lowest BCUT2D eigenvalue weighted by Gasteiger charge is -2.17. The summed E-state index contributed by atoms with van der Waals surface area (Å²) in [6, 6.07) is 8.54. The number of aromatic nitrogens is 1. The molecule has 2 atom stereocenters. The van der Waals surface area contributed by atoms with Gasteiger partial charge in [0, 0.05) is 6.20 Å². The molecule has 2 aromatic rings. The highest BCUT2D eigenvalue weighted by Gasteiger charge is 2.24. The van der Waals surface area contributed by atoms with Crippen molar-refractivity contribution in [3.63, 3.8) is 0 Å². The molecule has 0 radical (unpaired) electrons. The Balaban J connectivity index is 1.89. The van der Waals surface area contributed by atoms with E-state index in [4.69, 9.17) is 27.9 Å². The second-order valence-corrected chi connectivity index (χ2v) is 6.45. The maximum Gasteiger partial charge on any atom is 0.329 e. The summed E-state index contributed by atoms with van der Waals surface area (Å²) in [5.74, 6) is -1.58. The molecule has 142 valence electrons. The highest BCUT2D eigenvalue weighted by molar-refractivity contribution is 6.33. The number of ether oxygens (including phenoxy) is 1. The molecule has 2 N–H and O–H groups in total. The number of esters is 1. The first-order valence-corrected chi connectivity index (χ1v) is 8.72. The van der Waals surface area contributed by atoms with Crippen LogP contribution >= 0.6 is 23.2 Å². The van der Waals surface area contributed by atoms with Gasteiger partial charge in [0.2, 0.25) is 0 Å². The molecule has 9 heteroatoms. The fourth-order valence-electron chi connectivity index (χ4n) is 1.99. The molecule has 1 heterocycles. The molecule has 0 unspecified atom stereocenters. The molecule has 7 nitrogen and oxygen atoms in total. The highest BCUT2D eigenvalue weighted by Crippen LogP contribution is 2.15. The van der Waals surface area contributed by atoms with Crippen molar-refractivity contribution < 1.29 is 19.1 Å². The molecule has 0 aliphatic heterocycles. The molecule has 0 saturated heterocycles. The van der Waals surface area contributed by atoms with Crippen molar-refractivity contribution in [1.82, 2.24) is 10.3 Å². The summed E-state index contributed by atoms with van der Waals surface area (Å²) in [6.45, 7) is 2.86. The predicted molar refractivity (Wildman–Crippen MR) is 102 cm³/mol. The summed E-state index contributed by atoms with van der Waals surface area (Å²) in [5, 5.41) is 5.67. The summed E-state index contributed by atoms with van der Waals surface area (Å²) < 4.78 is 5.08. The van der Waals surface area contributed by atoms with Gasteiger partial charge in [-0.05, 0) is 38.1 Å². The molecule has 1 aromatic heterocycles. The number of pyridine rings is 1. The van der Waals surface area contributed by atoms with Gasteiger partial charge in [-0.1, -0.05) is 35.3 Å². The van der Waals surface area contributed by atoms with Crippen molar-refractivity contribution >= 4 is 46.8 Å². The van der Waals surface area contributed by atoms with E-state index in [1.807, 2.05) is 0 Å². The van der Waals surface area contributed by atoms with E-state index < -0.39 is 29.9 Å². The number of nitrogens with one attached hydrogen (secondary N) is 2.